The number of hydrogen-bond donors (Lipinski definition) is 1. The van der Waals surface area contributed by atoms with E-state index in [0.29, 0.717) is 5.56 Å². The summed E-state index contributed by atoms with van der Waals surface area (Å²) < 4.78 is 13.4. The molecule has 1 atom stereocenters. The van der Waals surface area contributed by atoms with E-state index in [9.17, 15) is 9.18 Å². The van der Waals surface area contributed by atoms with Crippen LogP contribution in [-0.4, -0.2) is 11.4 Å². The maximum atomic E-state index is 13.4. The highest BCUT2D eigenvalue weighted by Gasteiger charge is 2.15. The molecule has 0 radical (unpaired) electrons. The summed E-state index contributed by atoms with van der Waals surface area (Å²) in [6.45, 7) is 1.72. The molecule has 76 valence electrons. The topological polar surface area (TPSA) is 37.3 Å². The fourth-order valence-corrected chi connectivity index (χ4v) is 1.38. The standard InChI is InChI=1S/C10H10ClFO2/c1-6(4-5-13)7-2-3-8(14)9(11)10(7)12/h2-3,5-6,14H,4H2,1H3. The molecule has 0 saturated heterocycles. The molecule has 0 amide bonds. The van der Waals surface area contributed by atoms with Crippen molar-refractivity contribution in [3.63, 3.8) is 0 Å². The summed E-state index contributed by atoms with van der Waals surface area (Å²) in [6.07, 6.45) is 0.961. The number of aromatic hydroxyl groups is 1. The van der Waals surface area contributed by atoms with Crippen molar-refractivity contribution in [2.45, 2.75) is 19.3 Å². The highest BCUT2D eigenvalue weighted by Crippen LogP contribution is 2.32. The summed E-state index contributed by atoms with van der Waals surface area (Å²) in [6, 6.07) is 2.76. The van der Waals surface area contributed by atoms with E-state index in [1.807, 2.05) is 0 Å². The maximum absolute atomic E-state index is 13.4. The Morgan fingerprint density at radius 2 is 2.29 bits per heavy atom. The fraction of sp³-hybridized carbons (Fsp3) is 0.300. The van der Waals surface area contributed by atoms with E-state index in [2.05, 4.69) is 0 Å². The minimum atomic E-state index is -0.652. The molecule has 0 aliphatic carbocycles. The lowest BCUT2D eigenvalue weighted by atomic mass is 9.98. The van der Waals surface area contributed by atoms with E-state index in [1.54, 1.807) is 6.92 Å². The Morgan fingerprint density at radius 1 is 1.64 bits per heavy atom. The number of carbonyl (C=O) groups is 1. The molecule has 0 fully saturated rings. The normalized spacial score (nSPS) is 12.5. The third-order valence-corrected chi connectivity index (χ3v) is 2.43. The van der Waals surface area contributed by atoms with Crippen LogP contribution < -0.4 is 0 Å². The molecule has 0 aliphatic heterocycles. The molecule has 0 spiro atoms. The molecule has 4 heteroatoms. The van der Waals surface area contributed by atoms with Crippen molar-refractivity contribution in [3.8, 4) is 5.75 Å². The Morgan fingerprint density at radius 3 is 2.86 bits per heavy atom. The van der Waals surface area contributed by atoms with Crippen LogP contribution in [0.3, 0.4) is 0 Å². The molecule has 0 heterocycles. The first-order valence-corrected chi connectivity index (χ1v) is 4.56. The quantitative estimate of drug-likeness (QED) is 0.789. The Labute approximate surface area is 86.3 Å². The summed E-state index contributed by atoms with van der Waals surface area (Å²) in [7, 11) is 0. The first kappa shape index (κ1) is 11.0. The summed E-state index contributed by atoms with van der Waals surface area (Å²) in [5.74, 6) is -1.17. The third kappa shape index (κ3) is 2.04. The smallest absolute Gasteiger partial charge is 0.149 e. The maximum Gasteiger partial charge on any atom is 0.149 e. The van der Waals surface area contributed by atoms with Crippen molar-refractivity contribution in [2.75, 3.05) is 0 Å². The predicted octanol–water partition coefficient (Wildman–Crippen LogP) is 2.88. The monoisotopic (exact) mass is 216 g/mol. The highest BCUT2D eigenvalue weighted by atomic mass is 35.5. The molecule has 0 bridgehead atoms. The minimum absolute atomic E-state index is 0.231. The van der Waals surface area contributed by atoms with Gasteiger partial charge in [0.25, 0.3) is 0 Å². The van der Waals surface area contributed by atoms with E-state index >= 15 is 0 Å². The third-order valence-electron chi connectivity index (χ3n) is 2.07. The van der Waals surface area contributed by atoms with Crippen LogP contribution >= 0.6 is 11.6 Å². The van der Waals surface area contributed by atoms with Crippen molar-refractivity contribution in [2.24, 2.45) is 0 Å². The van der Waals surface area contributed by atoms with Crippen LogP contribution in [0.25, 0.3) is 0 Å². The predicted molar refractivity (Wildman–Crippen MR) is 52.2 cm³/mol. The molecule has 2 nitrogen and oxygen atoms in total. The fourth-order valence-electron chi connectivity index (χ4n) is 1.21. The van der Waals surface area contributed by atoms with Gasteiger partial charge in [0.05, 0.1) is 0 Å². The van der Waals surface area contributed by atoms with Crippen LogP contribution in [0, 0.1) is 5.82 Å². The van der Waals surface area contributed by atoms with Gasteiger partial charge in [-0.15, -0.1) is 0 Å². The van der Waals surface area contributed by atoms with E-state index in [4.69, 9.17) is 16.7 Å². The molecule has 1 unspecified atom stereocenters. The van der Waals surface area contributed by atoms with Gasteiger partial charge in [0, 0.05) is 6.42 Å². The number of carbonyl (C=O) groups excluding carboxylic acids is 1. The van der Waals surface area contributed by atoms with Gasteiger partial charge in [-0.25, -0.2) is 4.39 Å². The van der Waals surface area contributed by atoms with Gasteiger partial charge >= 0.3 is 0 Å². The lowest BCUT2D eigenvalue weighted by Gasteiger charge is -2.10. The van der Waals surface area contributed by atoms with Crippen LogP contribution in [0.5, 0.6) is 5.75 Å². The van der Waals surface area contributed by atoms with Gasteiger partial charge in [-0.1, -0.05) is 24.6 Å². The lowest BCUT2D eigenvalue weighted by Crippen LogP contribution is -1.98. The number of rotatable bonds is 3. The molecule has 1 rings (SSSR count). The van der Waals surface area contributed by atoms with E-state index in [0.717, 1.165) is 6.29 Å². The number of halogens is 2. The number of phenols is 1. The summed E-state index contributed by atoms with van der Waals surface area (Å²) in [5, 5.41) is 8.80. The minimum Gasteiger partial charge on any atom is -0.506 e. The second kappa shape index (κ2) is 4.42. The molecule has 0 aliphatic rings. The Bertz CT molecular complexity index is 352. The van der Waals surface area contributed by atoms with Gasteiger partial charge in [-0.05, 0) is 17.5 Å². The van der Waals surface area contributed by atoms with Crippen LogP contribution in [-0.2, 0) is 4.79 Å². The second-order valence-corrected chi connectivity index (χ2v) is 3.48. The molecule has 14 heavy (non-hydrogen) atoms. The lowest BCUT2D eigenvalue weighted by molar-refractivity contribution is -0.108. The summed E-state index contributed by atoms with van der Waals surface area (Å²) >= 11 is 5.51. The molecular formula is C10H10ClFO2. The first-order valence-electron chi connectivity index (χ1n) is 4.18. The van der Waals surface area contributed by atoms with Crippen molar-refractivity contribution in [1.82, 2.24) is 0 Å². The zero-order valence-electron chi connectivity index (χ0n) is 7.63. The number of phenolic OH excluding ortho intramolecular Hbond substituents is 1. The average molecular weight is 217 g/mol. The van der Waals surface area contributed by atoms with Gasteiger partial charge < -0.3 is 9.90 Å². The van der Waals surface area contributed by atoms with Gasteiger partial charge in [-0.3, -0.25) is 0 Å². The van der Waals surface area contributed by atoms with Crippen molar-refractivity contribution in [3.05, 3.63) is 28.5 Å². The molecular weight excluding hydrogens is 207 g/mol. The van der Waals surface area contributed by atoms with Crippen molar-refractivity contribution in [1.29, 1.82) is 0 Å². The summed E-state index contributed by atoms with van der Waals surface area (Å²) in [4.78, 5) is 10.2. The zero-order valence-corrected chi connectivity index (χ0v) is 8.38. The van der Waals surface area contributed by atoms with Crippen LogP contribution in [0.1, 0.15) is 24.8 Å². The van der Waals surface area contributed by atoms with Crippen molar-refractivity contribution < 1.29 is 14.3 Å². The Kier molecular flexibility index (Phi) is 3.47. The van der Waals surface area contributed by atoms with Gasteiger partial charge in [0.1, 0.15) is 22.9 Å². The van der Waals surface area contributed by atoms with Crippen LogP contribution in [0.15, 0.2) is 12.1 Å². The Hall–Kier alpha value is -1.09. The number of aldehydes is 1. The largest absolute Gasteiger partial charge is 0.506 e. The SMILES string of the molecule is CC(CC=O)c1ccc(O)c(Cl)c1F. The van der Waals surface area contributed by atoms with E-state index in [1.165, 1.54) is 12.1 Å². The van der Waals surface area contributed by atoms with Gasteiger partial charge in [0.15, 0.2) is 0 Å². The van der Waals surface area contributed by atoms with E-state index < -0.39 is 5.82 Å². The molecule has 1 N–H and O–H groups in total. The molecule has 1 aromatic carbocycles. The highest BCUT2D eigenvalue weighted by molar-refractivity contribution is 6.32. The van der Waals surface area contributed by atoms with Crippen LogP contribution in [0.4, 0.5) is 4.39 Å². The molecule has 0 aromatic heterocycles. The second-order valence-electron chi connectivity index (χ2n) is 3.11. The Balaban J connectivity index is 3.10. The van der Waals surface area contributed by atoms with E-state index in [-0.39, 0.29) is 23.1 Å². The molecule has 1 aromatic rings. The number of hydrogen-bond acceptors (Lipinski definition) is 2. The summed E-state index contributed by atoms with van der Waals surface area (Å²) in [5.41, 5.74) is 0.347. The number of benzene rings is 1. The zero-order chi connectivity index (χ0) is 10.7. The van der Waals surface area contributed by atoms with Crippen molar-refractivity contribution >= 4 is 17.9 Å². The molecule has 0 saturated carbocycles. The first-order chi connectivity index (χ1) is 6.57. The van der Waals surface area contributed by atoms with Gasteiger partial charge in [0.2, 0.25) is 0 Å². The average Bonchev–Trinajstić information content (AvgIpc) is 2.15. The van der Waals surface area contributed by atoms with Gasteiger partial charge in [-0.2, -0.15) is 0 Å². The van der Waals surface area contributed by atoms with Crippen LogP contribution in [0.2, 0.25) is 5.02 Å².